The van der Waals surface area contributed by atoms with Crippen molar-refractivity contribution in [2.75, 3.05) is 0 Å². The molecule has 92 valence electrons. The van der Waals surface area contributed by atoms with E-state index in [-0.39, 0.29) is 0 Å². The Kier molecular flexibility index (Phi) is 3.40. The maximum atomic E-state index is 11.4. The fourth-order valence-electron chi connectivity index (χ4n) is 2.64. The van der Waals surface area contributed by atoms with Gasteiger partial charge in [-0.25, -0.2) is 0 Å². The average Bonchev–Trinajstić information content (AvgIpc) is 2.65. The van der Waals surface area contributed by atoms with Crippen molar-refractivity contribution >= 4 is 17.6 Å². The molecular formula is C13H15ClO3. The molecule has 1 aliphatic rings. The lowest BCUT2D eigenvalue weighted by atomic mass is 9.81. The number of carboxylic acids is 1. The molecule has 0 heterocycles. The molecule has 1 saturated carbocycles. The van der Waals surface area contributed by atoms with E-state index < -0.39 is 17.5 Å². The molecule has 0 aliphatic heterocycles. The normalized spacial score (nSPS) is 20.1. The van der Waals surface area contributed by atoms with Gasteiger partial charge in [0.25, 0.3) is 0 Å². The van der Waals surface area contributed by atoms with Gasteiger partial charge in [-0.1, -0.05) is 36.6 Å². The van der Waals surface area contributed by atoms with Crippen LogP contribution in [0.25, 0.3) is 0 Å². The Morgan fingerprint density at radius 2 is 2.00 bits per heavy atom. The van der Waals surface area contributed by atoms with E-state index in [1.807, 2.05) is 0 Å². The highest BCUT2D eigenvalue weighted by Gasteiger charge is 2.44. The second-order valence-electron chi connectivity index (χ2n) is 4.64. The van der Waals surface area contributed by atoms with E-state index in [2.05, 4.69) is 0 Å². The number of carboxylic acid groups (broad SMARTS) is 1. The summed E-state index contributed by atoms with van der Waals surface area (Å²) in [6.07, 6.45) is 2.83. The first-order valence-corrected chi connectivity index (χ1v) is 6.11. The van der Waals surface area contributed by atoms with Crippen LogP contribution < -0.4 is 0 Å². The molecule has 0 amide bonds. The predicted molar refractivity (Wildman–Crippen MR) is 65.2 cm³/mol. The van der Waals surface area contributed by atoms with E-state index in [1.54, 1.807) is 24.3 Å². The fraction of sp³-hybridized carbons (Fsp3) is 0.462. The van der Waals surface area contributed by atoms with Gasteiger partial charge in [0.1, 0.15) is 5.92 Å². The molecule has 1 aromatic carbocycles. The van der Waals surface area contributed by atoms with Crippen LogP contribution in [-0.2, 0) is 4.79 Å². The van der Waals surface area contributed by atoms with Crippen LogP contribution in [0.4, 0.5) is 0 Å². The first-order valence-electron chi connectivity index (χ1n) is 5.73. The number of benzene rings is 1. The summed E-state index contributed by atoms with van der Waals surface area (Å²) < 4.78 is 0. The topological polar surface area (TPSA) is 57.5 Å². The van der Waals surface area contributed by atoms with Crippen LogP contribution in [0.2, 0.25) is 5.02 Å². The van der Waals surface area contributed by atoms with Crippen molar-refractivity contribution in [3.05, 3.63) is 34.9 Å². The summed E-state index contributed by atoms with van der Waals surface area (Å²) in [4.78, 5) is 11.4. The van der Waals surface area contributed by atoms with E-state index in [4.69, 9.17) is 11.6 Å². The lowest BCUT2D eigenvalue weighted by Gasteiger charge is -2.29. The molecule has 3 nitrogen and oxygen atoms in total. The first kappa shape index (κ1) is 12.4. The Morgan fingerprint density at radius 1 is 1.35 bits per heavy atom. The number of carbonyl (C=O) groups is 1. The predicted octanol–water partition coefficient (Wildman–Crippen LogP) is 2.81. The molecule has 0 bridgehead atoms. The SMILES string of the molecule is O=C(O)C(c1cccc(Cl)c1)C1(O)CCCC1. The minimum Gasteiger partial charge on any atom is -0.481 e. The summed E-state index contributed by atoms with van der Waals surface area (Å²) >= 11 is 5.87. The van der Waals surface area contributed by atoms with Gasteiger partial charge in [0.2, 0.25) is 0 Å². The highest BCUT2D eigenvalue weighted by atomic mass is 35.5. The number of rotatable bonds is 3. The molecule has 0 aromatic heterocycles. The maximum Gasteiger partial charge on any atom is 0.313 e. The van der Waals surface area contributed by atoms with Crippen LogP contribution in [0.15, 0.2) is 24.3 Å². The molecule has 1 unspecified atom stereocenters. The zero-order valence-corrected chi connectivity index (χ0v) is 10.2. The minimum absolute atomic E-state index is 0.496. The van der Waals surface area contributed by atoms with Crippen molar-refractivity contribution in [3.8, 4) is 0 Å². The number of aliphatic hydroxyl groups is 1. The van der Waals surface area contributed by atoms with E-state index in [9.17, 15) is 15.0 Å². The summed E-state index contributed by atoms with van der Waals surface area (Å²) in [7, 11) is 0. The monoisotopic (exact) mass is 254 g/mol. The Labute approximate surface area is 105 Å². The van der Waals surface area contributed by atoms with Crippen molar-refractivity contribution in [2.24, 2.45) is 0 Å². The first-order chi connectivity index (χ1) is 8.03. The van der Waals surface area contributed by atoms with Gasteiger partial charge in [0.15, 0.2) is 0 Å². The standard InChI is InChI=1S/C13H15ClO3/c14-10-5-3-4-9(8-10)11(12(15)16)13(17)6-1-2-7-13/h3-5,8,11,17H,1-2,6-7H2,(H,15,16). The fourth-order valence-corrected chi connectivity index (χ4v) is 2.84. The Morgan fingerprint density at radius 3 is 2.53 bits per heavy atom. The van der Waals surface area contributed by atoms with Crippen molar-refractivity contribution in [1.29, 1.82) is 0 Å². The third-order valence-corrected chi connectivity index (χ3v) is 3.67. The number of halogens is 1. The number of hydrogen-bond acceptors (Lipinski definition) is 2. The Hall–Kier alpha value is -1.06. The van der Waals surface area contributed by atoms with Crippen LogP contribution in [0.1, 0.15) is 37.2 Å². The van der Waals surface area contributed by atoms with E-state index >= 15 is 0 Å². The summed E-state index contributed by atoms with van der Waals surface area (Å²) in [6.45, 7) is 0. The Balaban J connectivity index is 2.39. The summed E-state index contributed by atoms with van der Waals surface area (Å²) in [5, 5.41) is 20.3. The molecule has 1 aliphatic carbocycles. The molecule has 0 spiro atoms. The highest BCUT2D eigenvalue weighted by Crippen LogP contribution is 2.41. The zero-order chi connectivity index (χ0) is 12.5. The van der Waals surface area contributed by atoms with Gasteiger partial charge in [0, 0.05) is 5.02 Å². The lowest BCUT2D eigenvalue weighted by Crippen LogP contribution is -2.38. The van der Waals surface area contributed by atoms with Crippen molar-refractivity contribution < 1.29 is 15.0 Å². The van der Waals surface area contributed by atoms with Crippen LogP contribution in [0, 0.1) is 0 Å². The van der Waals surface area contributed by atoms with E-state index in [1.165, 1.54) is 0 Å². The molecule has 2 N–H and O–H groups in total. The van der Waals surface area contributed by atoms with E-state index in [0.717, 1.165) is 12.8 Å². The van der Waals surface area contributed by atoms with Crippen LogP contribution in [-0.4, -0.2) is 21.8 Å². The van der Waals surface area contributed by atoms with Crippen molar-refractivity contribution in [2.45, 2.75) is 37.2 Å². The molecule has 1 aromatic rings. The van der Waals surface area contributed by atoms with Crippen molar-refractivity contribution in [3.63, 3.8) is 0 Å². The molecule has 2 rings (SSSR count). The van der Waals surface area contributed by atoms with Crippen LogP contribution in [0.5, 0.6) is 0 Å². The average molecular weight is 255 g/mol. The van der Waals surface area contributed by atoms with Gasteiger partial charge < -0.3 is 10.2 Å². The largest absolute Gasteiger partial charge is 0.481 e. The minimum atomic E-state index is -1.13. The molecule has 0 radical (unpaired) electrons. The third kappa shape index (κ3) is 2.45. The van der Waals surface area contributed by atoms with Gasteiger partial charge in [-0.2, -0.15) is 0 Å². The summed E-state index contributed by atoms with van der Waals surface area (Å²) in [5.74, 6) is -1.87. The second kappa shape index (κ2) is 4.67. The molecule has 1 atom stereocenters. The summed E-state index contributed by atoms with van der Waals surface area (Å²) in [6, 6.07) is 6.74. The molecular weight excluding hydrogens is 240 g/mol. The van der Waals surface area contributed by atoms with Crippen LogP contribution >= 0.6 is 11.6 Å². The lowest BCUT2D eigenvalue weighted by molar-refractivity contribution is -0.145. The van der Waals surface area contributed by atoms with Gasteiger partial charge in [0.05, 0.1) is 5.60 Å². The van der Waals surface area contributed by atoms with Gasteiger partial charge in [-0.05, 0) is 30.5 Å². The smallest absolute Gasteiger partial charge is 0.313 e. The molecule has 1 fully saturated rings. The van der Waals surface area contributed by atoms with Gasteiger partial charge >= 0.3 is 5.97 Å². The number of hydrogen-bond donors (Lipinski definition) is 2. The maximum absolute atomic E-state index is 11.4. The molecule has 4 heteroatoms. The van der Waals surface area contributed by atoms with Crippen molar-refractivity contribution in [1.82, 2.24) is 0 Å². The number of aliphatic carboxylic acids is 1. The molecule has 0 saturated heterocycles. The summed E-state index contributed by atoms with van der Waals surface area (Å²) in [5.41, 5.74) is -0.550. The van der Waals surface area contributed by atoms with Gasteiger partial charge in [-0.15, -0.1) is 0 Å². The molecule has 17 heavy (non-hydrogen) atoms. The second-order valence-corrected chi connectivity index (χ2v) is 5.07. The van der Waals surface area contributed by atoms with Gasteiger partial charge in [-0.3, -0.25) is 4.79 Å². The quantitative estimate of drug-likeness (QED) is 0.872. The van der Waals surface area contributed by atoms with Crippen LogP contribution in [0.3, 0.4) is 0 Å². The Bertz CT molecular complexity index is 424. The third-order valence-electron chi connectivity index (χ3n) is 3.44. The van der Waals surface area contributed by atoms with E-state index in [0.29, 0.717) is 23.4 Å². The highest BCUT2D eigenvalue weighted by molar-refractivity contribution is 6.30. The zero-order valence-electron chi connectivity index (χ0n) is 9.40.